The van der Waals surface area contributed by atoms with E-state index in [0.717, 1.165) is 6.42 Å². The molecule has 82 valence electrons. The van der Waals surface area contributed by atoms with Gasteiger partial charge in [-0.25, -0.2) is 4.98 Å². The fraction of sp³-hybridized carbons (Fsp3) is 0.600. The number of aliphatic hydroxyl groups is 1. The van der Waals surface area contributed by atoms with E-state index in [9.17, 15) is 5.11 Å². The molecule has 1 aliphatic rings. The van der Waals surface area contributed by atoms with Crippen molar-refractivity contribution in [2.24, 2.45) is 0 Å². The molecule has 1 aromatic rings. The smallest absolute Gasteiger partial charge is 0.228 e. The maximum Gasteiger partial charge on any atom is 0.228 e. The Morgan fingerprint density at radius 2 is 2.33 bits per heavy atom. The Labute approximate surface area is 88.7 Å². The molecule has 1 fully saturated rings. The third kappa shape index (κ3) is 1.87. The van der Waals surface area contributed by atoms with Crippen LogP contribution in [-0.4, -0.2) is 40.9 Å². The van der Waals surface area contributed by atoms with E-state index in [2.05, 4.69) is 9.97 Å². The average molecular weight is 209 g/mol. The molecule has 0 amide bonds. The van der Waals surface area contributed by atoms with Crippen LogP contribution in [0, 0.1) is 0 Å². The van der Waals surface area contributed by atoms with Crippen molar-refractivity contribution >= 4 is 5.95 Å². The standard InChI is InChI=1S/C10H15N3O2/c1-3-10(14)6-13(7-10)9-11-5-4-8(12-9)15-2/h4-5,14H,3,6-7H2,1-2H3. The highest BCUT2D eigenvalue weighted by Gasteiger charge is 2.40. The van der Waals surface area contributed by atoms with Crippen molar-refractivity contribution in [1.82, 2.24) is 9.97 Å². The van der Waals surface area contributed by atoms with Gasteiger partial charge in [-0.05, 0) is 6.42 Å². The number of rotatable bonds is 3. The van der Waals surface area contributed by atoms with Crippen molar-refractivity contribution in [1.29, 1.82) is 0 Å². The van der Waals surface area contributed by atoms with Gasteiger partial charge >= 0.3 is 0 Å². The zero-order valence-corrected chi connectivity index (χ0v) is 8.97. The maximum atomic E-state index is 9.85. The Morgan fingerprint density at radius 1 is 1.60 bits per heavy atom. The first-order valence-corrected chi connectivity index (χ1v) is 5.01. The van der Waals surface area contributed by atoms with E-state index in [1.54, 1.807) is 19.4 Å². The minimum Gasteiger partial charge on any atom is -0.481 e. The molecule has 0 bridgehead atoms. The number of methoxy groups -OCH3 is 1. The van der Waals surface area contributed by atoms with Crippen LogP contribution in [0.25, 0.3) is 0 Å². The predicted molar refractivity (Wildman–Crippen MR) is 56.0 cm³/mol. The Balaban J connectivity index is 2.06. The lowest BCUT2D eigenvalue weighted by atomic mass is 9.92. The van der Waals surface area contributed by atoms with Crippen molar-refractivity contribution in [2.45, 2.75) is 18.9 Å². The van der Waals surface area contributed by atoms with E-state index in [1.165, 1.54) is 0 Å². The highest BCUT2D eigenvalue weighted by Crippen LogP contribution is 2.27. The molecule has 0 saturated carbocycles. The number of β-amino-alcohol motifs (C(OH)–C–C–N with tert-alkyl or cyclic N) is 1. The Hall–Kier alpha value is -1.36. The SMILES string of the molecule is CCC1(O)CN(c2nccc(OC)n2)C1. The van der Waals surface area contributed by atoms with E-state index in [4.69, 9.17) is 4.74 Å². The number of anilines is 1. The van der Waals surface area contributed by atoms with E-state index in [-0.39, 0.29) is 0 Å². The Bertz CT molecular complexity index is 350. The zero-order chi connectivity index (χ0) is 10.9. The van der Waals surface area contributed by atoms with Gasteiger partial charge in [0.25, 0.3) is 0 Å². The minimum atomic E-state index is -0.563. The van der Waals surface area contributed by atoms with Gasteiger partial charge in [0.15, 0.2) is 0 Å². The maximum absolute atomic E-state index is 9.85. The van der Waals surface area contributed by atoms with Gasteiger partial charge in [-0.3, -0.25) is 0 Å². The quantitative estimate of drug-likeness (QED) is 0.783. The molecule has 0 radical (unpaired) electrons. The first-order chi connectivity index (χ1) is 7.17. The summed E-state index contributed by atoms with van der Waals surface area (Å²) in [4.78, 5) is 10.3. The van der Waals surface area contributed by atoms with Crippen LogP contribution in [0.3, 0.4) is 0 Å². The second kappa shape index (κ2) is 3.66. The number of nitrogens with zero attached hydrogens (tertiary/aromatic N) is 3. The molecule has 0 aromatic carbocycles. The summed E-state index contributed by atoms with van der Waals surface area (Å²) in [6.07, 6.45) is 2.41. The zero-order valence-electron chi connectivity index (χ0n) is 8.97. The summed E-state index contributed by atoms with van der Waals surface area (Å²) in [7, 11) is 1.57. The monoisotopic (exact) mass is 209 g/mol. The van der Waals surface area contributed by atoms with Crippen LogP contribution < -0.4 is 9.64 Å². The summed E-state index contributed by atoms with van der Waals surface area (Å²) < 4.78 is 5.01. The summed E-state index contributed by atoms with van der Waals surface area (Å²) in [6, 6.07) is 1.70. The third-order valence-corrected chi connectivity index (χ3v) is 2.74. The summed E-state index contributed by atoms with van der Waals surface area (Å²) in [6.45, 7) is 3.16. The molecule has 1 aromatic heterocycles. The average Bonchev–Trinajstić information content (AvgIpc) is 2.25. The van der Waals surface area contributed by atoms with Crippen molar-refractivity contribution in [3.05, 3.63) is 12.3 Å². The highest BCUT2D eigenvalue weighted by atomic mass is 16.5. The normalized spacial score (nSPS) is 18.5. The summed E-state index contributed by atoms with van der Waals surface area (Å²) >= 11 is 0. The Kier molecular flexibility index (Phi) is 2.48. The summed E-state index contributed by atoms with van der Waals surface area (Å²) in [5.41, 5.74) is -0.563. The van der Waals surface area contributed by atoms with Gasteiger partial charge in [0, 0.05) is 12.3 Å². The minimum absolute atomic E-state index is 0.548. The van der Waals surface area contributed by atoms with Gasteiger partial charge in [-0.2, -0.15) is 4.98 Å². The lowest BCUT2D eigenvalue weighted by Crippen LogP contribution is -2.62. The molecular formula is C10H15N3O2. The van der Waals surface area contributed by atoms with E-state index in [1.807, 2.05) is 11.8 Å². The number of aromatic nitrogens is 2. The van der Waals surface area contributed by atoms with E-state index >= 15 is 0 Å². The van der Waals surface area contributed by atoms with Crippen LogP contribution in [0.2, 0.25) is 0 Å². The van der Waals surface area contributed by atoms with Crippen molar-refractivity contribution in [3.8, 4) is 5.88 Å². The van der Waals surface area contributed by atoms with Gasteiger partial charge in [-0.15, -0.1) is 0 Å². The van der Waals surface area contributed by atoms with Crippen LogP contribution in [0.15, 0.2) is 12.3 Å². The van der Waals surface area contributed by atoms with Gasteiger partial charge in [0.05, 0.1) is 25.8 Å². The second-order valence-electron chi connectivity index (χ2n) is 3.83. The molecule has 2 rings (SSSR count). The second-order valence-corrected chi connectivity index (χ2v) is 3.83. The fourth-order valence-electron chi connectivity index (χ4n) is 1.63. The topological polar surface area (TPSA) is 58.5 Å². The lowest BCUT2D eigenvalue weighted by molar-refractivity contribution is 0.00750. The van der Waals surface area contributed by atoms with Gasteiger partial charge in [-0.1, -0.05) is 6.92 Å². The van der Waals surface area contributed by atoms with Gasteiger partial charge in [0.2, 0.25) is 11.8 Å². The van der Waals surface area contributed by atoms with Crippen LogP contribution >= 0.6 is 0 Å². The summed E-state index contributed by atoms with van der Waals surface area (Å²) in [5.74, 6) is 1.17. The van der Waals surface area contributed by atoms with Crippen LogP contribution in [-0.2, 0) is 0 Å². The van der Waals surface area contributed by atoms with E-state index in [0.29, 0.717) is 24.9 Å². The summed E-state index contributed by atoms with van der Waals surface area (Å²) in [5, 5.41) is 9.85. The van der Waals surface area contributed by atoms with Gasteiger partial charge in [0.1, 0.15) is 0 Å². The largest absolute Gasteiger partial charge is 0.481 e. The number of ether oxygens (including phenoxy) is 1. The van der Waals surface area contributed by atoms with Crippen molar-refractivity contribution < 1.29 is 9.84 Å². The predicted octanol–water partition coefficient (Wildman–Crippen LogP) is 0.446. The molecule has 0 atom stereocenters. The molecule has 2 heterocycles. The fourth-order valence-corrected chi connectivity index (χ4v) is 1.63. The molecule has 1 N–H and O–H groups in total. The van der Waals surface area contributed by atoms with E-state index < -0.39 is 5.60 Å². The molecule has 0 unspecified atom stereocenters. The number of hydrogen-bond acceptors (Lipinski definition) is 5. The highest BCUT2D eigenvalue weighted by molar-refractivity contribution is 5.38. The van der Waals surface area contributed by atoms with Crippen molar-refractivity contribution in [3.63, 3.8) is 0 Å². The van der Waals surface area contributed by atoms with Crippen LogP contribution in [0.4, 0.5) is 5.95 Å². The molecule has 0 aliphatic carbocycles. The third-order valence-electron chi connectivity index (χ3n) is 2.74. The van der Waals surface area contributed by atoms with Gasteiger partial charge < -0.3 is 14.7 Å². The Morgan fingerprint density at radius 3 is 2.93 bits per heavy atom. The number of hydrogen-bond donors (Lipinski definition) is 1. The molecule has 1 aliphatic heterocycles. The molecule has 15 heavy (non-hydrogen) atoms. The molecule has 5 heteroatoms. The first kappa shape index (κ1) is 10.2. The molecule has 5 nitrogen and oxygen atoms in total. The molecular weight excluding hydrogens is 194 g/mol. The lowest BCUT2D eigenvalue weighted by Gasteiger charge is -2.45. The van der Waals surface area contributed by atoms with Crippen molar-refractivity contribution in [2.75, 3.05) is 25.1 Å². The molecule has 0 spiro atoms. The van der Waals surface area contributed by atoms with Crippen LogP contribution in [0.1, 0.15) is 13.3 Å². The first-order valence-electron chi connectivity index (χ1n) is 5.01. The molecule has 1 saturated heterocycles. The van der Waals surface area contributed by atoms with Crippen LogP contribution in [0.5, 0.6) is 5.88 Å².